The van der Waals surface area contributed by atoms with Crippen LogP contribution in [0.25, 0.3) is 0 Å². The number of ketones is 2. The summed E-state index contributed by atoms with van der Waals surface area (Å²) >= 11 is 3.23. The van der Waals surface area contributed by atoms with E-state index in [1.165, 1.54) is 11.0 Å². The molecule has 0 radical (unpaired) electrons. The van der Waals surface area contributed by atoms with Crippen molar-refractivity contribution in [3.05, 3.63) is 63.2 Å². The zero-order chi connectivity index (χ0) is 28.6. The number of rotatable bonds is 10. The van der Waals surface area contributed by atoms with Crippen molar-refractivity contribution in [3.8, 4) is 5.75 Å². The van der Waals surface area contributed by atoms with E-state index in [0.717, 1.165) is 5.57 Å². The van der Waals surface area contributed by atoms with Crippen molar-refractivity contribution in [1.82, 2.24) is 4.90 Å². The number of unbranched alkanes of at least 4 members (excludes halogenated alkanes) is 2. The maximum Gasteiger partial charge on any atom is 0.303 e. The Kier molecular flexibility index (Phi) is 8.19. The zero-order valence-corrected chi connectivity index (χ0v) is 23.4. The van der Waals surface area contributed by atoms with Gasteiger partial charge in [0.15, 0.2) is 11.6 Å². The summed E-state index contributed by atoms with van der Waals surface area (Å²) in [7, 11) is 0. The Morgan fingerprint density at radius 3 is 2.58 bits per heavy atom. The quantitative estimate of drug-likeness (QED) is 0.177. The monoisotopic (exact) mass is 611 g/mol. The maximum absolute atomic E-state index is 13.7. The fourth-order valence-corrected chi connectivity index (χ4v) is 7.02. The predicted molar refractivity (Wildman–Crippen MR) is 146 cm³/mol. The molecule has 2 N–H and O–H groups in total. The number of carbonyl (C=O) groups excluding carboxylic acids is 4. The Bertz CT molecular complexity index is 1380. The van der Waals surface area contributed by atoms with Crippen LogP contribution in [-0.2, 0) is 24.0 Å². The number of fused-ring (bicyclic) bond motifs is 3. The summed E-state index contributed by atoms with van der Waals surface area (Å²) in [5.74, 6) is -3.79. The molecule has 1 heterocycles. The van der Waals surface area contributed by atoms with Crippen LogP contribution < -0.4 is 4.74 Å². The first-order valence-electron chi connectivity index (χ1n) is 13.5. The minimum absolute atomic E-state index is 0.0432. The lowest BCUT2D eigenvalue weighted by atomic mass is 9.59. The number of aliphatic carboxylic acids is 1. The summed E-state index contributed by atoms with van der Waals surface area (Å²) in [5, 5.41) is 18.2. The Morgan fingerprint density at radius 2 is 1.82 bits per heavy atom. The van der Waals surface area contributed by atoms with Gasteiger partial charge in [-0.05, 0) is 53.6 Å². The van der Waals surface area contributed by atoms with Gasteiger partial charge < -0.3 is 14.9 Å². The molecule has 3 aliphatic carbocycles. The summed E-state index contributed by atoms with van der Waals surface area (Å²) < 4.78 is 5.98. The molecule has 0 unspecified atom stereocenters. The van der Waals surface area contributed by atoms with E-state index in [-0.39, 0.29) is 60.5 Å². The molecule has 9 nitrogen and oxygen atoms in total. The second-order valence-corrected chi connectivity index (χ2v) is 11.4. The normalized spacial score (nSPS) is 25.8. The van der Waals surface area contributed by atoms with E-state index in [4.69, 9.17) is 9.84 Å². The van der Waals surface area contributed by atoms with Gasteiger partial charge in [-0.2, -0.15) is 0 Å². The van der Waals surface area contributed by atoms with Crippen LogP contribution in [0.1, 0.15) is 50.0 Å². The average Bonchev–Trinajstić information content (AvgIpc) is 3.18. The Labute approximate surface area is 239 Å². The van der Waals surface area contributed by atoms with E-state index in [1.807, 2.05) is 18.2 Å². The van der Waals surface area contributed by atoms with Gasteiger partial charge in [-0.1, -0.05) is 36.3 Å². The first kappa shape index (κ1) is 28.2. The van der Waals surface area contributed by atoms with E-state index in [9.17, 15) is 29.1 Å². The van der Waals surface area contributed by atoms with Gasteiger partial charge in [0.1, 0.15) is 12.4 Å². The van der Waals surface area contributed by atoms with Crippen LogP contribution in [0.5, 0.6) is 5.75 Å². The standard InChI is InChI=1S/C30H30BrNO8/c31-21-15-22(34)27-20(28(21)37)14-19-16(25(27)17-6-3-4-7-23(17)40-13-12-33)9-10-18-26(19)30(39)32(29(18)38)11-5-1-2-8-24(35)36/h3-4,6-7,9,15,18-19,25-26,33H,1-2,5,8,10-14H2,(H,35,36)/t18-,19+,25+,26-/m0/s1. The number of carboxylic acid groups (broad SMARTS) is 1. The van der Waals surface area contributed by atoms with Gasteiger partial charge in [0.25, 0.3) is 0 Å². The first-order chi connectivity index (χ1) is 19.2. The molecule has 1 fully saturated rings. The van der Waals surface area contributed by atoms with Crippen LogP contribution in [-0.4, -0.2) is 64.2 Å². The lowest BCUT2D eigenvalue weighted by Crippen LogP contribution is -2.39. The SMILES string of the molecule is O=C(O)CCCCCN1C(=O)[C@H]2[C@H](CC=C3[C@H](c4ccccc4OCCO)C4=C(C[C@H]32)C(=O)C(Br)=CC4=O)C1=O. The van der Waals surface area contributed by atoms with Crippen LogP contribution in [0.4, 0.5) is 0 Å². The van der Waals surface area contributed by atoms with Crippen molar-refractivity contribution in [2.24, 2.45) is 17.8 Å². The molecule has 0 bridgehead atoms. The second kappa shape index (κ2) is 11.6. The molecule has 1 saturated heterocycles. The van der Waals surface area contributed by atoms with Crippen LogP contribution in [0, 0.1) is 17.8 Å². The number of hydrogen-bond acceptors (Lipinski definition) is 7. The minimum Gasteiger partial charge on any atom is -0.491 e. The Balaban J connectivity index is 1.51. The van der Waals surface area contributed by atoms with Crippen molar-refractivity contribution in [3.63, 3.8) is 0 Å². The van der Waals surface area contributed by atoms with Crippen molar-refractivity contribution >= 4 is 45.3 Å². The van der Waals surface area contributed by atoms with Crippen molar-refractivity contribution < 1.29 is 38.9 Å². The van der Waals surface area contributed by atoms with Crippen LogP contribution in [0.15, 0.2) is 57.6 Å². The summed E-state index contributed by atoms with van der Waals surface area (Å²) in [6.07, 6.45) is 5.39. The molecule has 10 heteroatoms. The molecule has 1 aromatic rings. The van der Waals surface area contributed by atoms with E-state index in [1.54, 1.807) is 12.1 Å². The number of ether oxygens (including phenoxy) is 1. The van der Waals surface area contributed by atoms with Gasteiger partial charge in [-0.3, -0.25) is 28.9 Å². The summed E-state index contributed by atoms with van der Waals surface area (Å²) in [6, 6.07) is 7.18. The highest BCUT2D eigenvalue weighted by atomic mass is 79.9. The van der Waals surface area contributed by atoms with Gasteiger partial charge in [-0.25, -0.2) is 0 Å². The third kappa shape index (κ3) is 4.99. The van der Waals surface area contributed by atoms with Crippen molar-refractivity contribution in [2.75, 3.05) is 19.8 Å². The molecule has 0 saturated carbocycles. The number of benzene rings is 1. The molecular weight excluding hydrogens is 582 g/mol. The molecule has 40 heavy (non-hydrogen) atoms. The van der Waals surface area contributed by atoms with E-state index in [0.29, 0.717) is 48.1 Å². The molecule has 1 aliphatic heterocycles. The number of aliphatic hydroxyl groups is 1. The molecule has 1 aromatic carbocycles. The number of nitrogens with zero attached hydrogens (tertiary/aromatic N) is 1. The summed E-state index contributed by atoms with van der Waals surface area (Å²) in [5.41, 5.74) is 2.20. The predicted octanol–water partition coefficient (Wildman–Crippen LogP) is 3.46. The molecule has 2 amide bonds. The third-order valence-corrected chi connectivity index (χ3v) is 8.86. The number of para-hydroxylation sites is 1. The number of amides is 2. The summed E-state index contributed by atoms with van der Waals surface area (Å²) in [6.45, 7) is 0.0840. The average molecular weight is 612 g/mol. The summed E-state index contributed by atoms with van der Waals surface area (Å²) in [4.78, 5) is 65.9. The smallest absolute Gasteiger partial charge is 0.303 e. The number of carboxylic acids is 1. The number of imide groups is 1. The largest absolute Gasteiger partial charge is 0.491 e. The molecule has 4 atom stereocenters. The van der Waals surface area contributed by atoms with Gasteiger partial charge in [0, 0.05) is 41.7 Å². The molecular formula is C30H30BrNO8. The highest BCUT2D eigenvalue weighted by Gasteiger charge is 2.56. The van der Waals surface area contributed by atoms with E-state index >= 15 is 0 Å². The lowest BCUT2D eigenvalue weighted by molar-refractivity contribution is -0.141. The number of Topliss-reactive ketones (excluding diaryl/α,β-unsaturated/α-hetero) is 1. The number of carbonyl (C=O) groups is 5. The van der Waals surface area contributed by atoms with Gasteiger partial charge >= 0.3 is 5.97 Å². The molecule has 4 aliphatic rings. The van der Waals surface area contributed by atoms with E-state index in [2.05, 4.69) is 15.9 Å². The Morgan fingerprint density at radius 1 is 1.05 bits per heavy atom. The number of aliphatic hydroxyl groups excluding tert-OH is 1. The fraction of sp³-hybridized carbons (Fsp3) is 0.433. The second-order valence-electron chi connectivity index (χ2n) is 10.5. The van der Waals surface area contributed by atoms with Gasteiger partial charge in [0.05, 0.1) is 22.9 Å². The van der Waals surface area contributed by atoms with E-state index < -0.39 is 29.6 Å². The number of hydrogen-bond donors (Lipinski definition) is 2. The highest BCUT2D eigenvalue weighted by Crippen LogP contribution is 2.56. The van der Waals surface area contributed by atoms with Crippen LogP contribution in [0.2, 0.25) is 0 Å². The van der Waals surface area contributed by atoms with Crippen molar-refractivity contribution in [2.45, 2.75) is 44.4 Å². The number of allylic oxidation sites excluding steroid dienone is 6. The number of likely N-dealkylation sites (tertiary alicyclic amines) is 1. The highest BCUT2D eigenvalue weighted by molar-refractivity contribution is 9.12. The first-order valence-corrected chi connectivity index (χ1v) is 14.3. The zero-order valence-electron chi connectivity index (χ0n) is 21.8. The maximum atomic E-state index is 13.7. The van der Waals surface area contributed by atoms with Crippen LogP contribution in [0.3, 0.4) is 0 Å². The topological polar surface area (TPSA) is 138 Å². The van der Waals surface area contributed by atoms with Crippen molar-refractivity contribution in [1.29, 1.82) is 0 Å². The van der Waals surface area contributed by atoms with Crippen LogP contribution >= 0.6 is 15.9 Å². The van der Waals surface area contributed by atoms with Gasteiger partial charge in [-0.15, -0.1) is 0 Å². The molecule has 0 spiro atoms. The lowest BCUT2D eigenvalue weighted by Gasteiger charge is -2.42. The number of halogens is 1. The minimum atomic E-state index is -0.876. The third-order valence-electron chi connectivity index (χ3n) is 8.27. The van der Waals surface area contributed by atoms with Gasteiger partial charge in [0.2, 0.25) is 11.8 Å². The molecule has 210 valence electrons. The Hall–Kier alpha value is -3.37. The molecule has 5 rings (SSSR count). The molecule has 0 aromatic heterocycles. The fourth-order valence-electron chi connectivity index (χ4n) is 6.58.